The molecule has 0 saturated heterocycles. The fourth-order valence-corrected chi connectivity index (χ4v) is 1.67. The molecule has 6 heteroatoms. The lowest BCUT2D eigenvalue weighted by Crippen LogP contribution is -2.37. The van der Waals surface area contributed by atoms with Gasteiger partial charge in [-0.2, -0.15) is 0 Å². The van der Waals surface area contributed by atoms with Crippen molar-refractivity contribution in [2.24, 2.45) is 0 Å². The van der Waals surface area contributed by atoms with Gasteiger partial charge in [0.1, 0.15) is 18.7 Å². The molecule has 0 atom stereocenters. The van der Waals surface area contributed by atoms with Gasteiger partial charge in [0.15, 0.2) is 0 Å². The Kier molecular flexibility index (Phi) is 6.21. The molecule has 1 aromatic heterocycles. The van der Waals surface area contributed by atoms with E-state index in [-0.39, 0.29) is 24.7 Å². The zero-order valence-corrected chi connectivity index (χ0v) is 12.8. The molecule has 112 valence electrons. The second kappa shape index (κ2) is 7.67. The topological polar surface area (TPSA) is 64.5 Å². The molecule has 0 bridgehead atoms. The van der Waals surface area contributed by atoms with E-state index in [9.17, 15) is 4.79 Å². The highest BCUT2D eigenvalue weighted by atomic mass is 16.5. The molecule has 1 rings (SSSR count). The number of anilines is 1. The van der Waals surface area contributed by atoms with Gasteiger partial charge in [0.05, 0.1) is 12.7 Å². The van der Waals surface area contributed by atoms with E-state index in [1.165, 1.54) is 6.33 Å². The molecule has 0 N–H and O–H groups in total. The summed E-state index contributed by atoms with van der Waals surface area (Å²) < 4.78 is 10.5. The largest absolute Gasteiger partial charge is 0.475 e. The first-order valence-corrected chi connectivity index (χ1v) is 6.85. The Balaban J connectivity index is 2.88. The number of ether oxygens (including phenoxy) is 2. The molecular weight excluding hydrogens is 258 g/mol. The molecule has 0 fully saturated rings. The molecule has 0 radical (unpaired) electrons. The minimum Gasteiger partial charge on any atom is -0.475 e. The maximum atomic E-state index is 11.7. The number of nitrogens with zero attached hydrogens (tertiary/aromatic N) is 3. The van der Waals surface area contributed by atoms with E-state index in [4.69, 9.17) is 9.47 Å². The predicted octanol–water partition coefficient (Wildman–Crippen LogP) is 2.04. The molecule has 0 aliphatic heterocycles. The van der Waals surface area contributed by atoms with E-state index in [0.717, 1.165) is 0 Å². The molecule has 0 amide bonds. The summed E-state index contributed by atoms with van der Waals surface area (Å²) in [6.07, 6.45) is 1.48. The number of hydrogen-bond acceptors (Lipinski definition) is 6. The summed E-state index contributed by atoms with van der Waals surface area (Å²) in [4.78, 5) is 21.8. The highest BCUT2D eigenvalue weighted by Gasteiger charge is 2.17. The number of carbonyl (C=O) groups excluding carboxylic acids is 1. The minimum absolute atomic E-state index is 0.0373. The second-order valence-corrected chi connectivity index (χ2v) is 4.91. The smallest absolute Gasteiger partial charge is 0.325 e. The highest BCUT2D eigenvalue weighted by Crippen LogP contribution is 2.18. The summed E-state index contributed by atoms with van der Waals surface area (Å²) in [7, 11) is 0. The van der Waals surface area contributed by atoms with E-state index < -0.39 is 0 Å². The highest BCUT2D eigenvalue weighted by molar-refractivity contribution is 5.75. The normalized spacial score (nSPS) is 10.8. The van der Waals surface area contributed by atoms with Crippen molar-refractivity contribution in [1.29, 1.82) is 0 Å². The first kappa shape index (κ1) is 16.2. The van der Waals surface area contributed by atoms with E-state index in [1.807, 2.05) is 32.6 Å². The van der Waals surface area contributed by atoms with Gasteiger partial charge in [0.2, 0.25) is 5.88 Å². The van der Waals surface area contributed by atoms with Crippen molar-refractivity contribution in [3.8, 4) is 5.88 Å². The van der Waals surface area contributed by atoms with Crippen LogP contribution >= 0.6 is 0 Å². The summed E-state index contributed by atoms with van der Waals surface area (Å²) in [6, 6.07) is 1.85. The zero-order valence-electron chi connectivity index (χ0n) is 12.8. The van der Waals surface area contributed by atoms with Crippen molar-refractivity contribution >= 4 is 11.8 Å². The Bertz CT molecular complexity index is 435. The lowest BCUT2D eigenvalue weighted by molar-refractivity contribution is -0.141. The number of hydrogen-bond donors (Lipinski definition) is 0. The van der Waals surface area contributed by atoms with Gasteiger partial charge in [-0.25, -0.2) is 9.97 Å². The van der Waals surface area contributed by atoms with Crippen LogP contribution in [-0.2, 0) is 9.53 Å². The van der Waals surface area contributed by atoms with Crippen molar-refractivity contribution in [2.45, 2.75) is 46.8 Å². The summed E-state index contributed by atoms with van der Waals surface area (Å²) >= 11 is 0. The van der Waals surface area contributed by atoms with E-state index in [1.54, 1.807) is 13.0 Å². The van der Waals surface area contributed by atoms with Gasteiger partial charge in [0, 0.05) is 12.1 Å². The fraction of sp³-hybridized carbons (Fsp3) is 0.643. The van der Waals surface area contributed by atoms with Crippen molar-refractivity contribution in [3.63, 3.8) is 0 Å². The van der Waals surface area contributed by atoms with Crippen LogP contribution in [0.15, 0.2) is 12.4 Å². The van der Waals surface area contributed by atoms with Gasteiger partial charge in [-0.1, -0.05) is 0 Å². The zero-order chi connectivity index (χ0) is 15.1. The van der Waals surface area contributed by atoms with Gasteiger partial charge >= 0.3 is 5.97 Å². The molecule has 0 saturated carbocycles. The Morgan fingerprint density at radius 1 is 1.30 bits per heavy atom. The van der Waals surface area contributed by atoms with Crippen LogP contribution in [0.4, 0.5) is 5.82 Å². The Labute approximate surface area is 120 Å². The van der Waals surface area contributed by atoms with Crippen LogP contribution in [0.1, 0.15) is 34.6 Å². The predicted molar refractivity (Wildman–Crippen MR) is 76.9 cm³/mol. The van der Waals surface area contributed by atoms with Crippen LogP contribution in [0.3, 0.4) is 0 Å². The minimum atomic E-state index is -0.272. The van der Waals surface area contributed by atoms with Gasteiger partial charge in [-0.15, -0.1) is 0 Å². The van der Waals surface area contributed by atoms with Crippen LogP contribution in [0.2, 0.25) is 0 Å². The molecule has 0 aromatic carbocycles. The molecule has 0 spiro atoms. The fourth-order valence-electron chi connectivity index (χ4n) is 1.67. The number of carbonyl (C=O) groups is 1. The van der Waals surface area contributed by atoms with Crippen molar-refractivity contribution in [2.75, 3.05) is 18.1 Å². The number of aromatic nitrogens is 2. The first-order valence-electron chi connectivity index (χ1n) is 6.85. The molecule has 6 nitrogen and oxygen atoms in total. The number of esters is 1. The second-order valence-electron chi connectivity index (χ2n) is 4.91. The molecule has 1 aromatic rings. The third-order valence-electron chi connectivity index (χ3n) is 2.51. The summed E-state index contributed by atoms with van der Waals surface area (Å²) in [6.45, 7) is 10.2. The maximum absolute atomic E-state index is 11.7. The molecule has 0 aliphatic carbocycles. The van der Waals surface area contributed by atoms with Gasteiger partial charge in [-0.3, -0.25) is 4.79 Å². The maximum Gasteiger partial charge on any atom is 0.325 e. The van der Waals surface area contributed by atoms with Crippen molar-refractivity contribution in [1.82, 2.24) is 9.97 Å². The van der Waals surface area contributed by atoms with E-state index in [2.05, 4.69) is 9.97 Å². The van der Waals surface area contributed by atoms with Crippen LogP contribution < -0.4 is 9.64 Å². The van der Waals surface area contributed by atoms with Crippen LogP contribution in [0, 0.1) is 0 Å². The van der Waals surface area contributed by atoms with E-state index in [0.29, 0.717) is 18.3 Å². The summed E-state index contributed by atoms with van der Waals surface area (Å²) in [5.74, 6) is 0.879. The van der Waals surface area contributed by atoms with Gasteiger partial charge in [0.25, 0.3) is 0 Å². The Morgan fingerprint density at radius 2 is 2.00 bits per heavy atom. The average Bonchev–Trinajstić information content (AvgIpc) is 2.35. The van der Waals surface area contributed by atoms with Gasteiger partial charge < -0.3 is 14.4 Å². The standard InChI is InChI=1S/C14H23N3O3/c1-6-19-14(18)8-17(10(2)3)12-7-13(16-9-15-12)20-11(4)5/h7,9-11H,6,8H2,1-5H3. The molecule has 0 aliphatic rings. The van der Waals surface area contributed by atoms with Crippen molar-refractivity contribution < 1.29 is 14.3 Å². The molecule has 20 heavy (non-hydrogen) atoms. The summed E-state index contributed by atoms with van der Waals surface area (Å²) in [5, 5.41) is 0. The van der Waals surface area contributed by atoms with Crippen LogP contribution in [0.25, 0.3) is 0 Å². The molecular formula is C14H23N3O3. The monoisotopic (exact) mass is 281 g/mol. The molecule has 1 heterocycles. The summed E-state index contributed by atoms with van der Waals surface area (Å²) in [5.41, 5.74) is 0. The third-order valence-corrected chi connectivity index (χ3v) is 2.51. The quantitative estimate of drug-likeness (QED) is 0.713. The van der Waals surface area contributed by atoms with Crippen molar-refractivity contribution in [3.05, 3.63) is 12.4 Å². The van der Waals surface area contributed by atoms with Crippen LogP contribution in [0.5, 0.6) is 5.88 Å². The Morgan fingerprint density at radius 3 is 2.55 bits per heavy atom. The first-order chi connectivity index (χ1) is 9.43. The van der Waals surface area contributed by atoms with Gasteiger partial charge in [-0.05, 0) is 34.6 Å². The molecule has 0 unspecified atom stereocenters. The van der Waals surface area contributed by atoms with Crippen LogP contribution in [-0.4, -0.2) is 41.2 Å². The lowest BCUT2D eigenvalue weighted by Gasteiger charge is -2.26. The third kappa shape index (κ3) is 5.03. The Hall–Kier alpha value is -1.85. The average molecular weight is 281 g/mol. The number of rotatable bonds is 7. The lowest BCUT2D eigenvalue weighted by atomic mass is 10.3. The van der Waals surface area contributed by atoms with E-state index >= 15 is 0 Å². The SMILES string of the molecule is CCOC(=O)CN(c1cc(OC(C)C)ncn1)C(C)C.